The lowest BCUT2D eigenvalue weighted by atomic mass is 10.0. The highest BCUT2D eigenvalue weighted by Gasteiger charge is 2.23. The molecule has 1 fully saturated rings. The van der Waals surface area contributed by atoms with E-state index in [1.165, 1.54) is 16.0 Å². The second-order valence-corrected chi connectivity index (χ2v) is 8.07. The van der Waals surface area contributed by atoms with Gasteiger partial charge in [-0.05, 0) is 19.4 Å². The molecule has 1 saturated heterocycles. The summed E-state index contributed by atoms with van der Waals surface area (Å²) in [5.41, 5.74) is 2.61. The van der Waals surface area contributed by atoms with Crippen molar-refractivity contribution in [2.45, 2.75) is 26.4 Å². The number of guanidine groups is 1. The number of nitrogens with zero attached hydrogens (tertiary/aromatic N) is 3. The minimum absolute atomic E-state index is 0. The molecule has 2 N–H and O–H groups in total. The molecule has 1 aliphatic rings. The van der Waals surface area contributed by atoms with Crippen LogP contribution in [0, 0.1) is 13.8 Å². The molecule has 0 bridgehead atoms. The van der Waals surface area contributed by atoms with Gasteiger partial charge in [0, 0.05) is 37.8 Å². The Labute approximate surface area is 188 Å². The summed E-state index contributed by atoms with van der Waals surface area (Å²) in [6, 6.07) is 9.05. The molecular formula is C20H30IN5OS. The molecule has 6 nitrogen and oxygen atoms in total. The largest absolute Gasteiger partial charge is 0.379 e. The summed E-state index contributed by atoms with van der Waals surface area (Å²) in [4.78, 5) is 12.5. The lowest BCUT2D eigenvalue weighted by Gasteiger charge is -2.35. The molecule has 154 valence electrons. The molecule has 8 heteroatoms. The number of nitrogens with one attached hydrogen (secondary N) is 2. The monoisotopic (exact) mass is 515 g/mol. The quantitative estimate of drug-likeness (QED) is 0.352. The first-order valence-corrected chi connectivity index (χ1v) is 10.2. The molecule has 0 radical (unpaired) electrons. The van der Waals surface area contributed by atoms with E-state index in [-0.39, 0.29) is 30.0 Å². The van der Waals surface area contributed by atoms with Crippen LogP contribution >= 0.6 is 35.3 Å². The Hall–Kier alpha value is -1.23. The Kier molecular flexibility index (Phi) is 9.63. The molecular weight excluding hydrogens is 485 g/mol. The number of rotatable bonds is 6. The van der Waals surface area contributed by atoms with Crippen molar-refractivity contribution in [3.8, 4) is 0 Å². The van der Waals surface area contributed by atoms with Crippen LogP contribution in [0.3, 0.4) is 0 Å². The number of aromatic nitrogens is 1. The molecule has 2 aromatic rings. The van der Waals surface area contributed by atoms with Gasteiger partial charge >= 0.3 is 0 Å². The zero-order chi connectivity index (χ0) is 19.1. The third-order valence-corrected chi connectivity index (χ3v) is 5.59. The normalized spacial score (nSPS) is 16.3. The van der Waals surface area contributed by atoms with Gasteiger partial charge < -0.3 is 15.4 Å². The van der Waals surface area contributed by atoms with Crippen LogP contribution in [0.4, 0.5) is 0 Å². The molecule has 1 aromatic carbocycles. The van der Waals surface area contributed by atoms with Gasteiger partial charge in [-0.3, -0.25) is 9.89 Å². The van der Waals surface area contributed by atoms with Gasteiger partial charge in [0.2, 0.25) is 0 Å². The van der Waals surface area contributed by atoms with Gasteiger partial charge in [-0.2, -0.15) is 0 Å². The predicted octanol–water partition coefficient (Wildman–Crippen LogP) is 3.12. The molecule has 1 aromatic heterocycles. The van der Waals surface area contributed by atoms with E-state index in [9.17, 15) is 0 Å². The third-order valence-electron chi connectivity index (χ3n) is 4.68. The number of ether oxygens (including phenoxy) is 1. The Bertz CT molecular complexity index is 761. The number of benzene rings is 1. The fraction of sp³-hybridized carbons (Fsp3) is 0.500. The fourth-order valence-electron chi connectivity index (χ4n) is 3.28. The van der Waals surface area contributed by atoms with Gasteiger partial charge in [-0.25, -0.2) is 4.98 Å². The van der Waals surface area contributed by atoms with Crippen LogP contribution in [-0.2, 0) is 11.3 Å². The van der Waals surface area contributed by atoms with E-state index < -0.39 is 0 Å². The van der Waals surface area contributed by atoms with Gasteiger partial charge in [-0.15, -0.1) is 35.3 Å². The molecule has 0 amide bonds. The summed E-state index contributed by atoms with van der Waals surface area (Å²) in [6.45, 7) is 9.17. The molecule has 1 atom stereocenters. The lowest BCUT2D eigenvalue weighted by Crippen LogP contribution is -2.46. The van der Waals surface area contributed by atoms with E-state index in [4.69, 9.17) is 4.74 Å². The molecule has 1 unspecified atom stereocenters. The average molecular weight is 515 g/mol. The van der Waals surface area contributed by atoms with E-state index in [0.717, 1.165) is 43.8 Å². The van der Waals surface area contributed by atoms with Crippen LogP contribution in [0.1, 0.15) is 27.1 Å². The van der Waals surface area contributed by atoms with Crippen LogP contribution in [0.15, 0.2) is 35.5 Å². The molecule has 0 spiro atoms. The Morgan fingerprint density at radius 1 is 1.29 bits per heavy atom. The maximum absolute atomic E-state index is 5.54. The number of halogens is 1. The SMILES string of the molecule is CN=C(NCc1ncc(C)s1)NCC(c1cccc(C)c1)N1CCOCC1.I. The standard InChI is InChI=1S/C20H29N5OS.HI/c1-15-5-4-6-17(11-15)18(25-7-9-26-10-8-25)13-23-20(21-3)24-14-19-22-12-16(2)27-19;/h4-6,11-12,18H,7-10,13-14H2,1-3H3,(H2,21,23,24);1H. The van der Waals surface area contributed by atoms with Crippen molar-refractivity contribution < 1.29 is 4.74 Å². The molecule has 0 aliphatic carbocycles. The van der Waals surface area contributed by atoms with Gasteiger partial charge in [0.1, 0.15) is 5.01 Å². The number of hydrogen-bond acceptors (Lipinski definition) is 5. The van der Waals surface area contributed by atoms with Crippen LogP contribution in [0.25, 0.3) is 0 Å². The molecule has 0 saturated carbocycles. The summed E-state index contributed by atoms with van der Waals surface area (Å²) in [6.07, 6.45) is 1.91. The highest BCUT2D eigenvalue weighted by molar-refractivity contribution is 14.0. The van der Waals surface area contributed by atoms with Crippen LogP contribution in [0.5, 0.6) is 0 Å². The van der Waals surface area contributed by atoms with E-state index in [0.29, 0.717) is 6.54 Å². The van der Waals surface area contributed by atoms with Crippen molar-refractivity contribution in [1.29, 1.82) is 0 Å². The molecule has 3 rings (SSSR count). The fourth-order valence-corrected chi connectivity index (χ4v) is 4.01. The number of hydrogen-bond donors (Lipinski definition) is 2. The molecule has 1 aliphatic heterocycles. The zero-order valence-electron chi connectivity index (χ0n) is 16.8. The summed E-state index contributed by atoms with van der Waals surface area (Å²) in [5, 5.41) is 7.93. The second-order valence-electron chi connectivity index (χ2n) is 6.75. The highest BCUT2D eigenvalue weighted by atomic mass is 127. The number of aliphatic imine (C=N–C) groups is 1. The minimum Gasteiger partial charge on any atom is -0.379 e. The average Bonchev–Trinajstić information content (AvgIpc) is 3.10. The predicted molar refractivity (Wildman–Crippen MR) is 127 cm³/mol. The van der Waals surface area contributed by atoms with Crippen molar-refractivity contribution in [2.75, 3.05) is 39.9 Å². The number of morpholine rings is 1. The summed E-state index contributed by atoms with van der Waals surface area (Å²) < 4.78 is 5.54. The van der Waals surface area contributed by atoms with E-state index in [2.05, 4.69) is 63.6 Å². The van der Waals surface area contributed by atoms with Crippen LogP contribution in [0.2, 0.25) is 0 Å². The second kappa shape index (κ2) is 11.7. The number of aryl methyl sites for hydroxylation is 2. The zero-order valence-corrected chi connectivity index (χ0v) is 19.9. The van der Waals surface area contributed by atoms with Gasteiger partial charge in [0.15, 0.2) is 5.96 Å². The van der Waals surface area contributed by atoms with Crippen molar-refractivity contribution in [3.63, 3.8) is 0 Å². The van der Waals surface area contributed by atoms with Gasteiger partial charge in [0.05, 0.1) is 25.8 Å². The van der Waals surface area contributed by atoms with Crippen molar-refractivity contribution >= 4 is 41.3 Å². The minimum atomic E-state index is 0. The van der Waals surface area contributed by atoms with E-state index in [1.807, 2.05) is 6.20 Å². The van der Waals surface area contributed by atoms with Crippen molar-refractivity contribution in [3.05, 3.63) is 51.5 Å². The van der Waals surface area contributed by atoms with Crippen molar-refractivity contribution in [2.24, 2.45) is 4.99 Å². The summed E-state index contributed by atoms with van der Waals surface area (Å²) >= 11 is 1.71. The molecule has 2 heterocycles. The summed E-state index contributed by atoms with van der Waals surface area (Å²) in [5.74, 6) is 0.800. The lowest BCUT2D eigenvalue weighted by molar-refractivity contribution is 0.0170. The summed E-state index contributed by atoms with van der Waals surface area (Å²) in [7, 11) is 1.80. The first-order valence-electron chi connectivity index (χ1n) is 9.40. The van der Waals surface area contributed by atoms with E-state index in [1.54, 1.807) is 18.4 Å². The maximum Gasteiger partial charge on any atom is 0.191 e. The topological polar surface area (TPSA) is 61.8 Å². The first kappa shape index (κ1) is 23.1. The maximum atomic E-state index is 5.54. The smallest absolute Gasteiger partial charge is 0.191 e. The first-order chi connectivity index (χ1) is 13.2. The Balaban J connectivity index is 0.00000280. The van der Waals surface area contributed by atoms with Crippen LogP contribution in [-0.4, -0.2) is 55.7 Å². The highest BCUT2D eigenvalue weighted by Crippen LogP contribution is 2.22. The Morgan fingerprint density at radius 2 is 2.07 bits per heavy atom. The Morgan fingerprint density at radius 3 is 2.71 bits per heavy atom. The van der Waals surface area contributed by atoms with Gasteiger partial charge in [0.25, 0.3) is 0 Å². The number of thiazole rings is 1. The van der Waals surface area contributed by atoms with Crippen LogP contribution < -0.4 is 10.6 Å². The van der Waals surface area contributed by atoms with Gasteiger partial charge in [-0.1, -0.05) is 29.8 Å². The van der Waals surface area contributed by atoms with Crippen molar-refractivity contribution in [1.82, 2.24) is 20.5 Å². The van der Waals surface area contributed by atoms with E-state index >= 15 is 0 Å². The molecule has 28 heavy (non-hydrogen) atoms. The third kappa shape index (κ3) is 6.68.